The third-order valence-electron chi connectivity index (χ3n) is 3.79. The van der Waals surface area contributed by atoms with Crippen LogP contribution in [0.4, 0.5) is 5.82 Å². The van der Waals surface area contributed by atoms with Crippen molar-refractivity contribution in [2.24, 2.45) is 5.73 Å². The van der Waals surface area contributed by atoms with Crippen LogP contribution in [-0.4, -0.2) is 46.7 Å². The summed E-state index contributed by atoms with van der Waals surface area (Å²) in [6.07, 6.45) is 5.06. The minimum atomic E-state index is -0.553. The van der Waals surface area contributed by atoms with Crippen LogP contribution in [0.3, 0.4) is 0 Å². The Morgan fingerprint density at radius 1 is 1.45 bits per heavy atom. The maximum Gasteiger partial charge on any atom is 0.269 e. The minimum Gasteiger partial charge on any atom is -0.369 e. The molecule has 1 aliphatic rings. The fourth-order valence-corrected chi connectivity index (χ4v) is 2.55. The first-order valence-electron chi connectivity index (χ1n) is 7.28. The van der Waals surface area contributed by atoms with E-state index in [0.717, 1.165) is 19.5 Å². The van der Waals surface area contributed by atoms with E-state index in [0.29, 0.717) is 11.9 Å². The number of rotatable bonds is 6. The van der Waals surface area contributed by atoms with Crippen molar-refractivity contribution in [3.8, 4) is 0 Å². The second-order valence-electron chi connectivity index (χ2n) is 5.33. The third kappa shape index (κ3) is 4.16. The molecule has 1 aromatic rings. The van der Waals surface area contributed by atoms with E-state index in [1.54, 1.807) is 12.1 Å². The highest BCUT2D eigenvalue weighted by molar-refractivity contribution is 5.90. The molecule has 0 bridgehead atoms. The number of carbonyl (C=O) groups is 1. The van der Waals surface area contributed by atoms with Gasteiger partial charge in [0.15, 0.2) is 5.69 Å². The summed E-state index contributed by atoms with van der Waals surface area (Å²) in [5.41, 5.74) is 5.31. The van der Waals surface area contributed by atoms with E-state index in [9.17, 15) is 4.79 Å². The molecule has 1 atom stereocenters. The summed E-state index contributed by atoms with van der Waals surface area (Å²) in [4.78, 5) is 13.4. The predicted molar refractivity (Wildman–Crippen MR) is 78.5 cm³/mol. The van der Waals surface area contributed by atoms with E-state index in [-0.39, 0.29) is 5.69 Å². The summed E-state index contributed by atoms with van der Waals surface area (Å²) in [7, 11) is 0. The predicted octanol–water partition coefficient (Wildman–Crippen LogP) is 1.25. The molecule has 1 fully saturated rings. The Bertz CT molecular complexity index is 434. The number of anilines is 1. The number of nitrogens with two attached hydrogens (primary N) is 1. The second kappa shape index (κ2) is 7.19. The van der Waals surface area contributed by atoms with E-state index in [1.165, 1.54) is 25.8 Å². The van der Waals surface area contributed by atoms with Gasteiger partial charge in [0, 0.05) is 19.1 Å². The molecule has 0 aliphatic carbocycles. The van der Waals surface area contributed by atoms with Crippen molar-refractivity contribution in [3.63, 3.8) is 0 Å². The fraction of sp³-hybridized carbons (Fsp3) is 0.643. The number of hydrogen-bond acceptors (Lipinski definition) is 5. The van der Waals surface area contributed by atoms with E-state index in [2.05, 4.69) is 27.3 Å². The van der Waals surface area contributed by atoms with Gasteiger partial charge in [-0.15, -0.1) is 10.2 Å². The summed E-state index contributed by atoms with van der Waals surface area (Å²) in [6, 6.07) is 4.03. The molecule has 2 rings (SSSR count). The molecule has 1 saturated heterocycles. The Morgan fingerprint density at radius 3 is 2.95 bits per heavy atom. The van der Waals surface area contributed by atoms with Crippen molar-refractivity contribution >= 4 is 11.7 Å². The van der Waals surface area contributed by atoms with E-state index < -0.39 is 5.91 Å². The molecular formula is C14H23N5O. The number of piperidine rings is 1. The molecule has 0 spiro atoms. The zero-order valence-electron chi connectivity index (χ0n) is 12.0. The summed E-state index contributed by atoms with van der Waals surface area (Å²) in [5, 5.41) is 10.9. The van der Waals surface area contributed by atoms with Crippen LogP contribution in [0.5, 0.6) is 0 Å². The lowest BCUT2D eigenvalue weighted by Crippen LogP contribution is -2.38. The molecule has 0 saturated carbocycles. The molecule has 1 amide bonds. The number of amides is 1. The van der Waals surface area contributed by atoms with Crippen molar-refractivity contribution in [2.45, 2.75) is 38.6 Å². The van der Waals surface area contributed by atoms with Crippen molar-refractivity contribution < 1.29 is 4.79 Å². The topological polar surface area (TPSA) is 84.1 Å². The van der Waals surface area contributed by atoms with E-state index in [4.69, 9.17) is 5.73 Å². The van der Waals surface area contributed by atoms with Crippen LogP contribution in [-0.2, 0) is 0 Å². The molecule has 110 valence electrons. The highest BCUT2D eigenvalue weighted by atomic mass is 16.1. The Hall–Kier alpha value is -1.69. The fourth-order valence-electron chi connectivity index (χ4n) is 2.55. The van der Waals surface area contributed by atoms with Gasteiger partial charge in [-0.1, -0.05) is 6.42 Å². The van der Waals surface area contributed by atoms with Crippen LogP contribution in [0.2, 0.25) is 0 Å². The Kier molecular flexibility index (Phi) is 5.29. The zero-order valence-corrected chi connectivity index (χ0v) is 12.0. The molecule has 6 heteroatoms. The number of nitrogens with one attached hydrogen (secondary N) is 1. The lowest BCUT2D eigenvalue weighted by Gasteiger charge is -2.33. The maximum absolute atomic E-state index is 10.9. The molecule has 6 nitrogen and oxygen atoms in total. The van der Waals surface area contributed by atoms with Gasteiger partial charge >= 0.3 is 0 Å². The average molecular weight is 277 g/mol. The molecule has 3 N–H and O–H groups in total. The van der Waals surface area contributed by atoms with Crippen molar-refractivity contribution in [2.75, 3.05) is 25.0 Å². The molecule has 1 aromatic heterocycles. The average Bonchev–Trinajstić information content (AvgIpc) is 2.46. The lowest BCUT2D eigenvalue weighted by molar-refractivity contribution is 0.0994. The molecule has 1 unspecified atom stereocenters. The van der Waals surface area contributed by atoms with Gasteiger partial charge in [-0.05, 0) is 44.9 Å². The molecule has 20 heavy (non-hydrogen) atoms. The number of hydrogen-bond donors (Lipinski definition) is 2. The summed E-state index contributed by atoms with van der Waals surface area (Å²) in [6.45, 7) is 5.49. The summed E-state index contributed by atoms with van der Waals surface area (Å²) in [5.74, 6) is 0.129. The first-order chi connectivity index (χ1) is 9.66. The van der Waals surface area contributed by atoms with Crippen LogP contribution in [0.1, 0.15) is 43.1 Å². The van der Waals surface area contributed by atoms with Gasteiger partial charge in [0.25, 0.3) is 5.91 Å². The second-order valence-corrected chi connectivity index (χ2v) is 5.33. The van der Waals surface area contributed by atoms with E-state index >= 15 is 0 Å². The highest BCUT2D eigenvalue weighted by Gasteiger charge is 2.16. The van der Waals surface area contributed by atoms with Gasteiger partial charge in [-0.3, -0.25) is 4.79 Å². The monoisotopic (exact) mass is 277 g/mol. The first-order valence-corrected chi connectivity index (χ1v) is 7.28. The minimum absolute atomic E-state index is 0.192. The number of aromatic nitrogens is 2. The Labute approximate surface area is 119 Å². The van der Waals surface area contributed by atoms with Gasteiger partial charge < -0.3 is 16.0 Å². The first kappa shape index (κ1) is 14.7. The van der Waals surface area contributed by atoms with Crippen LogP contribution < -0.4 is 11.1 Å². The number of nitrogens with zero attached hydrogens (tertiary/aromatic N) is 3. The molecule has 2 heterocycles. The van der Waals surface area contributed by atoms with Crippen molar-refractivity contribution in [1.29, 1.82) is 0 Å². The van der Waals surface area contributed by atoms with E-state index in [1.807, 2.05) is 0 Å². The van der Waals surface area contributed by atoms with Crippen molar-refractivity contribution in [3.05, 3.63) is 17.8 Å². The van der Waals surface area contributed by atoms with Gasteiger partial charge in [-0.2, -0.15) is 0 Å². The number of primary amides is 1. The molecule has 1 aliphatic heterocycles. The smallest absolute Gasteiger partial charge is 0.269 e. The molecular weight excluding hydrogens is 254 g/mol. The zero-order chi connectivity index (χ0) is 14.4. The van der Waals surface area contributed by atoms with Crippen LogP contribution in [0.15, 0.2) is 12.1 Å². The van der Waals surface area contributed by atoms with Gasteiger partial charge in [0.05, 0.1) is 0 Å². The lowest BCUT2D eigenvalue weighted by atomic mass is 10.0. The van der Waals surface area contributed by atoms with Crippen LogP contribution >= 0.6 is 0 Å². The largest absolute Gasteiger partial charge is 0.369 e. The molecule has 0 aromatic carbocycles. The van der Waals surface area contributed by atoms with Crippen LogP contribution in [0, 0.1) is 0 Å². The SMILES string of the molecule is CC1CCCCN1CCCNc1ccc(C(N)=O)nn1. The highest BCUT2D eigenvalue weighted by Crippen LogP contribution is 2.16. The Morgan fingerprint density at radius 2 is 2.30 bits per heavy atom. The van der Waals surface area contributed by atoms with Crippen molar-refractivity contribution in [1.82, 2.24) is 15.1 Å². The van der Waals surface area contributed by atoms with Gasteiger partial charge in [0.1, 0.15) is 5.82 Å². The number of carbonyl (C=O) groups excluding carboxylic acids is 1. The Balaban J connectivity index is 1.69. The third-order valence-corrected chi connectivity index (χ3v) is 3.79. The standard InChI is InChI=1S/C14H23N5O/c1-11-5-2-3-9-19(11)10-4-8-16-13-7-6-12(14(15)20)17-18-13/h6-7,11H,2-5,8-10H2,1H3,(H2,15,20)(H,16,18). The quantitative estimate of drug-likeness (QED) is 0.765. The summed E-state index contributed by atoms with van der Waals surface area (Å²) < 4.78 is 0. The van der Waals surface area contributed by atoms with Crippen LogP contribution in [0.25, 0.3) is 0 Å². The summed E-state index contributed by atoms with van der Waals surface area (Å²) >= 11 is 0. The normalized spacial score (nSPS) is 19.8. The van der Waals surface area contributed by atoms with Gasteiger partial charge in [-0.25, -0.2) is 0 Å². The maximum atomic E-state index is 10.9. The number of likely N-dealkylation sites (tertiary alicyclic amines) is 1. The van der Waals surface area contributed by atoms with Gasteiger partial charge in [0.2, 0.25) is 0 Å². The molecule has 0 radical (unpaired) electrons.